The Labute approximate surface area is 142 Å². The zero-order chi connectivity index (χ0) is 16.5. The van der Waals surface area contributed by atoms with E-state index in [1.807, 2.05) is 6.07 Å². The second-order valence-corrected chi connectivity index (χ2v) is 9.89. The van der Waals surface area contributed by atoms with Crippen LogP contribution in [-0.4, -0.2) is 15.2 Å². The van der Waals surface area contributed by atoms with E-state index in [1.54, 1.807) is 0 Å². The molecule has 0 saturated heterocycles. The summed E-state index contributed by atoms with van der Waals surface area (Å²) in [4.78, 5) is 0. The van der Waals surface area contributed by atoms with Crippen molar-refractivity contribution in [3.8, 4) is 5.75 Å². The van der Waals surface area contributed by atoms with Crippen LogP contribution >= 0.6 is 0 Å². The van der Waals surface area contributed by atoms with Gasteiger partial charge in [-0.15, -0.1) is 0 Å². The van der Waals surface area contributed by atoms with Crippen molar-refractivity contribution in [2.45, 2.75) is 58.5 Å². The van der Waals surface area contributed by atoms with Gasteiger partial charge >= 0.3 is 8.56 Å². The number of benzene rings is 2. The Morgan fingerprint density at radius 2 is 1.52 bits per heavy atom. The lowest BCUT2D eigenvalue weighted by Gasteiger charge is -2.24. The van der Waals surface area contributed by atoms with Crippen LogP contribution in [0.5, 0.6) is 5.75 Å². The highest BCUT2D eigenvalue weighted by molar-refractivity contribution is 6.65. The molecule has 0 N–H and O–H groups in total. The minimum Gasteiger partial charge on any atom is -0.520 e. The van der Waals surface area contributed by atoms with E-state index in [0.717, 1.165) is 18.8 Å². The Hall–Kier alpha value is -1.32. The maximum atomic E-state index is 6.28. The van der Waals surface area contributed by atoms with Crippen LogP contribution in [0.15, 0.2) is 42.5 Å². The van der Waals surface area contributed by atoms with Gasteiger partial charge in [-0.25, -0.2) is 0 Å². The molecule has 3 heteroatoms. The summed E-state index contributed by atoms with van der Waals surface area (Å²) in [6.07, 6.45) is 7.73. The van der Waals surface area contributed by atoms with E-state index >= 15 is 0 Å². The average molecular weight is 331 g/mol. The molecule has 0 radical (unpaired) electrons. The second kappa shape index (κ2) is 9.09. The van der Waals surface area contributed by atoms with Crippen LogP contribution in [0, 0.1) is 0 Å². The third-order valence-electron chi connectivity index (χ3n) is 4.05. The normalized spacial score (nSPS) is 11.8. The number of hydrogen-bond donors (Lipinski definition) is 0. The highest BCUT2D eigenvalue weighted by Gasteiger charge is 2.27. The van der Waals surface area contributed by atoms with E-state index in [9.17, 15) is 0 Å². The quantitative estimate of drug-likeness (QED) is 0.376. The Bertz CT molecular complexity index is 590. The number of hydrogen-bond acceptors (Lipinski definition) is 2. The molecule has 2 nitrogen and oxygen atoms in total. The van der Waals surface area contributed by atoms with E-state index in [1.165, 1.54) is 42.9 Å². The number of unbranched alkanes of at least 4 members (excludes halogenated alkanes) is 5. The van der Waals surface area contributed by atoms with E-state index in [-0.39, 0.29) is 0 Å². The highest BCUT2D eigenvalue weighted by Crippen LogP contribution is 2.27. The lowest BCUT2D eigenvalue weighted by Crippen LogP contribution is -2.38. The molecular formula is C20H30O2Si. The summed E-state index contributed by atoms with van der Waals surface area (Å²) in [5.41, 5.74) is 0. The Morgan fingerprint density at radius 3 is 2.35 bits per heavy atom. The van der Waals surface area contributed by atoms with Crippen molar-refractivity contribution in [2.24, 2.45) is 0 Å². The van der Waals surface area contributed by atoms with E-state index < -0.39 is 8.56 Å². The van der Waals surface area contributed by atoms with Crippen molar-refractivity contribution < 1.29 is 8.85 Å². The van der Waals surface area contributed by atoms with Gasteiger partial charge in [0.2, 0.25) is 0 Å². The molecule has 0 bridgehead atoms. The molecule has 23 heavy (non-hydrogen) atoms. The largest absolute Gasteiger partial charge is 0.520 e. The monoisotopic (exact) mass is 330 g/mol. The minimum absolute atomic E-state index is 0.816. The van der Waals surface area contributed by atoms with Gasteiger partial charge in [0.1, 0.15) is 5.75 Å². The van der Waals surface area contributed by atoms with Crippen molar-refractivity contribution >= 4 is 19.3 Å². The van der Waals surface area contributed by atoms with Crippen molar-refractivity contribution in [1.29, 1.82) is 0 Å². The molecule has 2 aromatic rings. The molecule has 0 aliphatic rings. The van der Waals surface area contributed by atoms with Crippen molar-refractivity contribution in [2.75, 3.05) is 6.61 Å². The van der Waals surface area contributed by atoms with Crippen molar-refractivity contribution in [3.05, 3.63) is 42.5 Å². The third kappa shape index (κ3) is 6.00. The predicted molar refractivity (Wildman–Crippen MR) is 101 cm³/mol. The minimum atomic E-state index is -2.14. The maximum Gasteiger partial charge on any atom is 0.392 e. The summed E-state index contributed by atoms with van der Waals surface area (Å²) in [5.74, 6) is 0.947. The topological polar surface area (TPSA) is 18.5 Å². The fourth-order valence-corrected chi connectivity index (χ4v) is 4.18. The first-order valence-corrected chi connectivity index (χ1v) is 11.7. The summed E-state index contributed by atoms with van der Waals surface area (Å²) >= 11 is 0. The van der Waals surface area contributed by atoms with Gasteiger partial charge in [-0.3, -0.25) is 0 Å². The molecular weight excluding hydrogens is 300 g/mol. The predicted octanol–water partition coefficient (Wildman–Crippen LogP) is 6.30. The van der Waals surface area contributed by atoms with Gasteiger partial charge in [0.05, 0.1) is 0 Å². The standard InChI is InChI=1S/C20H30O2Si/c1-4-5-6-7-8-11-17-21-23(2,3)22-20-16-12-14-18-13-9-10-15-19(18)20/h9-10,12-16H,4-8,11,17H2,1-3H3. The van der Waals surface area contributed by atoms with E-state index in [4.69, 9.17) is 8.85 Å². The molecule has 0 amide bonds. The first kappa shape index (κ1) is 18.0. The van der Waals surface area contributed by atoms with Crippen LogP contribution in [0.2, 0.25) is 13.1 Å². The SMILES string of the molecule is CCCCCCCCO[Si](C)(C)Oc1cccc2ccccc12. The first-order chi connectivity index (χ1) is 11.1. The molecule has 2 aromatic carbocycles. The van der Waals surface area contributed by atoms with Gasteiger partial charge in [0.15, 0.2) is 0 Å². The average Bonchev–Trinajstić information content (AvgIpc) is 2.54. The lowest BCUT2D eigenvalue weighted by molar-refractivity contribution is 0.241. The van der Waals surface area contributed by atoms with Crippen LogP contribution in [0.1, 0.15) is 45.4 Å². The zero-order valence-corrected chi connectivity index (χ0v) is 15.8. The van der Waals surface area contributed by atoms with Gasteiger partial charge in [0.25, 0.3) is 0 Å². The lowest BCUT2D eigenvalue weighted by atomic mass is 10.1. The summed E-state index contributed by atoms with van der Waals surface area (Å²) in [5, 5.41) is 2.38. The second-order valence-electron chi connectivity index (χ2n) is 6.60. The van der Waals surface area contributed by atoms with Gasteiger partial charge in [-0.2, -0.15) is 0 Å². The summed E-state index contributed by atoms with van der Waals surface area (Å²) < 4.78 is 12.4. The molecule has 0 unspecified atom stereocenters. The molecule has 0 heterocycles. The summed E-state index contributed by atoms with van der Waals surface area (Å²) in [7, 11) is -2.14. The number of fused-ring (bicyclic) bond motifs is 1. The fourth-order valence-electron chi connectivity index (χ4n) is 2.78. The summed E-state index contributed by atoms with van der Waals surface area (Å²) in [6, 6.07) is 14.6. The molecule has 0 aromatic heterocycles. The molecule has 0 aliphatic carbocycles. The Morgan fingerprint density at radius 1 is 0.826 bits per heavy atom. The van der Waals surface area contributed by atoms with Gasteiger partial charge in [-0.05, 0) is 31.0 Å². The van der Waals surface area contributed by atoms with E-state index in [2.05, 4.69) is 56.4 Å². The molecule has 0 aliphatic heterocycles. The van der Waals surface area contributed by atoms with Crippen molar-refractivity contribution in [3.63, 3.8) is 0 Å². The highest BCUT2D eigenvalue weighted by atomic mass is 28.4. The van der Waals surface area contributed by atoms with Crippen LogP contribution < -0.4 is 4.43 Å². The Kier molecular flexibility index (Phi) is 7.12. The van der Waals surface area contributed by atoms with Gasteiger partial charge in [0, 0.05) is 12.0 Å². The zero-order valence-electron chi connectivity index (χ0n) is 14.8. The molecule has 0 saturated carbocycles. The van der Waals surface area contributed by atoms with Crippen molar-refractivity contribution in [1.82, 2.24) is 0 Å². The van der Waals surface area contributed by atoms with Crippen LogP contribution in [-0.2, 0) is 4.43 Å². The fraction of sp³-hybridized carbons (Fsp3) is 0.500. The maximum absolute atomic E-state index is 6.28. The smallest absolute Gasteiger partial charge is 0.392 e. The van der Waals surface area contributed by atoms with E-state index in [0.29, 0.717) is 0 Å². The summed E-state index contributed by atoms with van der Waals surface area (Å²) in [6.45, 7) is 7.33. The van der Waals surface area contributed by atoms with Crippen LogP contribution in [0.25, 0.3) is 10.8 Å². The van der Waals surface area contributed by atoms with Gasteiger partial charge < -0.3 is 8.85 Å². The molecule has 2 rings (SSSR count). The van der Waals surface area contributed by atoms with Crippen LogP contribution in [0.3, 0.4) is 0 Å². The first-order valence-electron chi connectivity index (χ1n) is 8.93. The third-order valence-corrected chi connectivity index (χ3v) is 5.66. The molecule has 0 fully saturated rings. The number of rotatable bonds is 10. The molecule has 0 atom stereocenters. The molecule has 0 spiro atoms. The van der Waals surface area contributed by atoms with Crippen LogP contribution in [0.4, 0.5) is 0 Å². The Balaban J connectivity index is 1.83. The molecule has 126 valence electrons. The van der Waals surface area contributed by atoms with Gasteiger partial charge in [-0.1, -0.05) is 75.4 Å².